The van der Waals surface area contributed by atoms with E-state index in [1.807, 2.05) is 12.2 Å². The molecular weight excluding hydrogens is 588 g/mol. The van der Waals surface area contributed by atoms with Crippen LogP contribution in [0, 0.1) is 0 Å². The smallest absolute Gasteiger partial charge is 0.330 e. The van der Waals surface area contributed by atoms with Crippen LogP contribution in [0.2, 0.25) is 0 Å². The molecule has 0 aliphatic rings. The monoisotopic (exact) mass is 642 g/mol. The molecule has 46 heavy (non-hydrogen) atoms. The molecule has 0 aliphatic heterocycles. The first-order valence-electron chi connectivity index (χ1n) is 16.0. The third-order valence-electron chi connectivity index (χ3n) is 6.24. The molecule has 0 spiro atoms. The molecule has 0 saturated heterocycles. The van der Waals surface area contributed by atoms with Gasteiger partial charge in [0.15, 0.2) is 0 Å². The number of rotatable bonds is 26. The van der Waals surface area contributed by atoms with Crippen molar-refractivity contribution in [2.75, 3.05) is 26.9 Å². The lowest BCUT2D eigenvalue weighted by Crippen LogP contribution is -2.44. The predicted molar refractivity (Wildman–Crippen MR) is 181 cm³/mol. The average Bonchev–Trinajstić information content (AvgIpc) is 3.06. The van der Waals surface area contributed by atoms with Crippen molar-refractivity contribution in [3.63, 3.8) is 0 Å². The van der Waals surface area contributed by atoms with Crippen LogP contribution in [-0.4, -0.2) is 73.0 Å². The number of methoxy groups -OCH3 is 1. The largest absolute Gasteiger partial charge is 0.466 e. The molecule has 2 amide bonds. The molecule has 4 N–H and O–H groups in total. The topological polar surface area (TPSA) is 151 Å². The minimum absolute atomic E-state index is 0.179. The second-order valence-corrected chi connectivity index (χ2v) is 10.1. The van der Waals surface area contributed by atoms with Gasteiger partial charge >= 0.3 is 11.9 Å². The Labute approximate surface area is 274 Å². The summed E-state index contributed by atoms with van der Waals surface area (Å²) < 4.78 is 9.53. The SMILES string of the molecule is CCC=CCC=CCC=CCC=CCC=CCC=CCCC(=O)N[C@@H](CCCCNC(=O)C=CC(=O)OC)C(=O)OC(CO)CO. The molecular formula is C36H54N2O8. The Balaban J connectivity index is 4.40. The number of hydrogen-bond donors (Lipinski definition) is 4. The molecule has 256 valence electrons. The number of aliphatic hydroxyl groups excluding tert-OH is 2. The van der Waals surface area contributed by atoms with Crippen molar-refractivity contribution in [2.24, 2.45) is 0 Å². The van der Waals surface area contributed by atoms with Crippen molar-refractivity contribution in [1.29, 1.82) is 0 Å². The highest BCUT2D eigenvalue weighted by Gasteiger charge is 2.24. The maximum absolute atomic E-state index is 12.6. The van der Waals surface area contributed by atoms with Crippen LogP contribution in [-0.2, 0) is 28.7 Å². The number of ether oxygens (including phenoxy) is 2. The number of carbonyl (C=O) groups is 4. The Morgan fingerprint density at radius 3 is 1.74 bits per heavy atom. The molecule has 0 unspecified atom stereocenters. The predicted octanol–water partition coefficient (Wildman–Crippen LogP) is 4.86. The van der Waals surface area contributed by atoms with E-state index in [4.69, 9.17) is 4.74 Å². The number of aliphatic hydroxyl groups is 2. The fraction of sp³-hybridized carbons (Fsp3) is 0.500. The van der Waals surface area contributed by atoms with Crippen LogP contribution in [0.3, 0.4) is 0 Å². The van der Waals surface area contributed by atoms with E-state index in [0.717, 1.165) is 50.7 Å². The van der Waals surface area contributed by atoms with E-state index in [1.54, 1.807) is 0 Å². The Morgan fingerprint density at radius 1 is 0.717 bits per heavy atom. The first-order chi connectivity index (χ1) is 22.4. The summed E-state index contributed by atoms with van der Waals surface area (Å²) in [4.78, 5) is 47.9. The highest BCUT2D eigenvalue weighted by atomic mass is 16.6. The number of carbonyl (C=O) groups excluding carboxylic acids is 4. The number of esters is 2. The van der Waals surface area contributed by atoms with E-state index in [0.29, 0.717) is 25.8 Å². The molecule has 0 bridgehead atoms. The summed E-state index contributed by atoms with van der Waals surface area (Å²) >= 11 is 0. The quantitative estimate of drug-likeness (QED) is 0.0452. The van der Waals surface area contributed by atoms with Crippen LogP contribution < -0.4 is 10.6 Å². The third-order valence-corrected chi connectivity index (χ3v) is 6.24. The lowest BCUT2D eigenvalue weighted by molar-refractivity contribution is -0.157. The van der Waals surface area contributed by atoms with Crippen molar-refractivity contribution >= 4 is 23.8 Å². The summed E-state index contributed by atoms with van der Waals surface area (Å²) in [5.41, 5.74) is 0. The molecule has 0 aromatic carbocycles. The molecule has 0 radical (unpaired) electrons. The van der Waals surface area contributed by atoms with E-state index in [2.05, 4.69) is 83.1 Å². The molecule has 0 fully saturated rings. The molecule has 1 atom stereocenters. The Bertz CT molecular complexity index is 1050. The molecule has 10 nitrogen and oxygen atoms in total. The van der Waals surface area contributed by atoms with Gasteiger partial charge < -0.3 is 30.3 Å². The van der Waals surface area contributed by atoms with Crippen molar-refractivity contribution in [2.45, 2.75) is 89.7 Å². The summed E-state index contributed by atoms with van der Waals surface area (Å²) in [5.74, 6) is -2.18. The van der Waals surface area contributed by atoms with E-state index in [-0.39, 0.29) is 18.7 Å². The lowest BCUT2D eigenvalue weighted by Gasteiger charge is -2.20. The standard InChI is InChI=1S/C36H54N2O8/c1-3-4-5-6-7-8-9-10-11-12-13-14-15-16-17-18-19-20-21-25-34(42)38-32(36(44)46-31(29-39)30-40)24-22-23-28-37-33(41)26-27-35(43)45-2/h4-5,7-8,10-11,13-14,16-17,19-20,26-27,31-32,39-40H,3,6,9,12,15,18,21-25,28-30H2,1-2H3,(H,37,41)(H,38,42)/t32-/m0/s1. The fourth-order valence-electron chi connectivity index (χ4n) is 3.70. The molecule has 0 saturated carbocycles. The Hall–Kier alpha value is -4.02. The number of hydrogen-bond acceptors (Lipinski definition) is 8. The van der Waals surface area contributed by atoms with Crippen LogP contribution in [0.25, 0.3) is 0 Å². The van der Waals surface area contributed by atoms with Crippen LogP contribution in [0.15, 0.2) is 85.1 Å². The summed E-state index contributed by atoms with van der Waals surface area (Å²) in [6.07, 6.45) is 33.8. The van der Waals surface area contributed by atoms with Gasteiger partial charge in [0, 0.05) is 25.1 Å². The zero-order valence-electron chi connectivity index (χ0n) is 27.5. The minimum Gasteiger partial charge on any atom is -0.466 e. The average molecular weight is 643 g/mol. The van der Waals surface area contributed by atoms with Crippen LogP contribution in [0.5, 0.6) is 0 Å². The normalized spacial score (nSPS) is 13.0. The third kappa shape index (κ3) is 26.4. The molecule has 0 aromatic heterocycles. The van der Waals surface area contributed by atoms with Gasteiger partial charge in [-0.1, -0.05) is 79.8 Å². The molecule has 0 aliphatic carbocycles. The summed E-state index contributed by atoms with van der Waals surface area (Å²) in [7, 11) is 1.21. The number of allylic oxidation sites excluding steroid dienone is 12. The van der Waals surface area contributed by atoms with E-state index >= 15 is 0 Å². The number of amides is 2. The zero-order valence-corrected chi connectivity index (χ0v) is 27.5. The summed E-state index contributed by atoms with van der Waals surface area (Å²) in [6, 6.07) is -0.965. The van der Waals surface area contributed by atoms with Gasteiger partial charge in [0.1, 0.15) is 12.1 Å². The summed E-state index contributed by atoms with van der Waals surface area (Å²) in [6.45, 7) is 1.33. The number of unbranched alkanes of at least 4 members (excludes halogenated alkanes) is 1. The maximum Gasteiger partial charge on any atom is 0.330 e. The van der Waals surface area contributed by atoms with Crippen molar-refractivity contribution < 1.29 is 38.9 Å². The van der Waals surface area contributed by atoms with Gasteiger partial charge in [-0.2, -0.15) is 0 Å². The highest BCUT2D eigenvalue weighted by Crippen LogP contribution is 2.07. The van der Waals surface area contributed by atoms with E-state index in [9.17, 15) is 29.4 Å². The molecule has 0 rings (SSSR count). The van der Waals surface area contributed by atoms with Crippen LogP contribution >= 0.6 is 0 Å². The lowest BCUT2D eigenvalue weighted by atomic mass is 10.1. The Kier molecular flexibility index (Phi) is 28.3. The maximum atomic E-state index is 12.6. The van der Waals surface area contributed by atoms with Crippen molar-refractivity contribution in [3.8, 4) is 0 Å². The fourth-order valence-corrected chi connectivity index (χ4v) is 3.70. The molecule has 10 heteroatoms. The van der Waals surface area contributed by atoms with Gasteiger partial charge in [0.05, 0.1) is 20.3 Å². The Morgan fingerprint density at radius 2 is 1.24 bits per heavy atom. The second kappa shape index (κ2) is 31.0. The zero-order chi connectivity index (χ0) is 34.1. The molecule has 0 heterocycles. The van der Waals surface area contributed by atoms with Gasteiger partial charge in [-0.25, -0.2) is 9.59 Å². The van der Waals surface area contributed by atoms with Gasteiger partial charge in [-0.3, -0.25) is 9.59 Å². The molecule has 0 aromatic rings. The second-order valence-electron chi connectivity index (χ2n) is 10.1. The van der Waals surface area contributed by atoms with Crippen LogP contribution in [0.1, 0.15) is 77.6 Å². The minimum atomic E-state index is -1.08. The first kappa shape index (κ1) is 42.0. The summed E-state index contributed by atoms with van der Waals surface area (Å²) in [5, 5.41) is 23.8. The highest BCUT2D eigenvalue weighted by molar-refractivity contribution is 5.94. The number of nitrogens with one attached hydrogen (secondary N) is 2. The van der Waals surface area contributed by atoms with E-state index in [1.165, 1.54) is 7.11 Å². The van der Waals surface area contributed by atoms with Gasteiger partial charge in [0.25, 0.3) is 0 Å². The van der Waals surface area contributed by atoms with Gasteiger partial charge in [0.2, 0.25) is 11.8 Å². The van der Waals surface area contributed by atoms with Gasteiger partial charge in [-0.15, -0.1) is 0 Å². The van der Waals surface area contributed by atoms with Crippen molar-refractivity contribution in [1.82, 2.24) is 10.6 Å². The van der Waals surface area contributed by atoms with Crippen molar-refractivity contribution in [3.05, 3.63) is 85.1 Å². The van der Waals surface area contributed by atoms with Crippen LogP contribution in [0.4, 0.5) is 0 Å². The first-order valence-corrected chi connectivity index (χ1v) is 16.0. The van der Waals surface area contributed by atoms with E-state index < -0.39 is 43.2 Å². The van der Waals surface area contributed by atoms with Gasteiger partial charge in [-0.05, 0) is 64.2 Å².